The number of nitrogens with zero attached hydrogens (tertiary/aromatic N) is 1. The predicted molar refractivity (Wildman–Crippen MR) is 80.7 cm³/mol. The molecule has 1 saturated heterocycles. The smallest absolute Gasteiger partial charge is 0.324 e. The third kappa shape index (κ3) is 3.56. The first-order valence-corrected chi connectivity index (χ1v) is 7.53. The van der Waals surface area contributed by atoms with Crippen molar-refractivity contribution in [3.63, 3.8) is 0 Å². The van der Waals surface area contributed by atoms with Crippen molar-refractivity contribution in [1.82, 2.24) is 10.0 Å². The van der Waals surface area contributed by atoms with E-state index < -0.39 is 0 Å². The van der Waals surface area contributed by atoms with Crippen LogP contribution in [-0.2, 0) is 0 Å². The number of carbonyl (C=O) groups excluding carboxylic acids is 1. The normalized spacial score (nSPS) is 15.2. The van der Waals surface area contributed by atoms with E-state index in [0.29, 0.717) is 0 Å². The molecule has 1 aromatic carbocycles. The Balaban J connectivity index is 2.17. The molecule has 0 radical (unpaired) electrons. The molecule has 1 aliphatic rings. The van der Waals surface area contributed by atoms with Crippen molar-refractivity contribution >= 4 is 23.7 Å². The molecule has 0 aliphatic carbocycles. The lowest BCUT2D eigenvalue weighted by atomic mass is 10.1. The minimum atomic E-state index is -0.169. The van der Waals surface area contributed by atoms with Crippen LogP contribution in [0.25, 0.3) is 0 Å². The standard InChI is InChI=1S/C14H21N3OS/c1-11-7-6-8-12(17-9-4-3-5-10-17)13(11)19-16-14(18)15-2/h6-8H,3-5,9-10H2,1-2H3,(H2,15,16,18). The molecule has 0 bridgehead atoms. The molecule has 0 unspecified atom stereocenters. The zero-order valence-corrected chi connectivity index (χ0v) is 12.3. The van der Waals surface area contributed by atoms with Gasteiger partial charge in [0.15, 0.2) is 0 Å². The summed E-state index contributed by atoms with van der Waals surface area (Å²) >= 11 is 1.40. The first-order chi connectivity index (χ1) is 9.22. The topological polar surface area (TPSA) is 44.4 Å². The van der Waals surface area contributed by atoms with Crippen LogP contribution in [0.5, 0.6) is 0 Å². The van der Waals surface area contributed by atoms with Crippen LogP contribution in [0.15, 0.2) is 23.1 Å². The monoisotopic (exact) mass is 279 g/mol. The number of rotatable bonds is 3. The first-order valence-electron chi connectivity index (χ1n) is 6.71. The van der Waals surface area contributed by atoms with Crippen LogP contribution in [-0.4, -0.2) is 26.2 Å². The second kappa shape index (κ2) is 6.70. The second-order valence-electron chi connectivity index (χ2n) is 4.75. The fourth-order valence-electron chi connectivity index (χ4n) is 2.30. The lowest BCUT2D eigenvalue weighted by molar-refractivity contribution is 0.248. The van der Waals surface area contributed by atoms with E-state index in [1.165, 1.54) is 42.5 Å². The maximum Gasteiger partial charge on any atom is 0.324 e. The van der Waals surface area contributed by atoms with Gasteiger partial charge in [-0.2, -0.15) is 0 Å². The van der Waals surface area contributed by atoms with E-state index in [9.17, 15) is 4.79 Å². The van der Waals surface area contributed by atoms with Gasteiger partial charge in [0, 0.05) is 20.1 Å². The fraction of sp³-hybridized carbons (Fsp3) is 0.500. The first kappa shape index (κ1) is 14.1. The highest BCUT2D eigenvalue weighted by Gasteiger charge is 2.16. The van der Waals surface area contributed by atoms with Crippen LogP contribution < -0.4 is 14.9 Å². The number of amides is 2. The van der Waals surface area contributed by atoms with Gasteiger partial charge in [0.2, 0.25) is 0 Å². The highest BCUT2D eigenvalue weighted by molar-refractivity contribution is 7.98. The molecule has 0 saturated carbocycles. The minimum Gasteiger partial charge on any atom is -0.371 e. The Morgan fingerprint density at radius 3 is 2.68 bits per heavy atom. The molecule has 0 spiro atoms. The third-order valence-corrected chi connectivity index (χ3v) is 4.38. The van der Waals surface area contributed by atoms with Crippen LogP contribution >= 0.6 is 11.9 Å². The minimum absolute atomic E-state index is 0.169. The molecule has 19 heavy (non-hydrogen) atoms. The van der Waals surface area contributed by atoms with Gasteiger partial charge in [0.05, 0.1) is 10.6 Å². The summed E-state index contributed by atoms with van der Waals surface area (Å²) in [5.74, 6) is 0. The predicted octanol–water partition coefficient (Wildman–Crippen LogP) is 2.92. The molecule has 1 aliphatic heterocycles. The molecule has 2 amide bonds. The van der Waals surface area contributed by atoms with Gasteiger partial charge >= 0.3 is 6.03 Å². The Morgan fingerprint density at radius 1 is 1.26 bits per heavy atom. The van der Waals surface area contributed by atoms with Crippen LogP contribution in [0.4, 0.5) is 10.5 Å². The van der Waals surface area contributed by atoms with E-state index in [0.717, 1.165) is 18.0 Å². The van der Waals surface area contributed by atoms with Crippen molar-refractivity contribution in [3.8, 4) is 0 Å². The molecule has 4 nitrogen and oxygen atoms in total. The summed E-state index contributed by atoms with van der Waals surface area (Å²) in [7, 11) is 1.62. The zero-order valence-electron chi connectivity index (χ0n) is 11.5. The van der Waals surface area contributed by atoms with Crippen LogP contribution in [0.1, 0.15) is 24.8 Å². The van der Waals surface area contributed by atoms with Crippen LogP contribution in [0, 0.1) is 6.92 Å². The molecule has 0 atom stereocenters. The number of anilines is 1. The summed E-state index contributed by atoms with van der Waals surface area (Å²) in [6.07, 6.45) is 3.82. The van der Waals surface area contributed by atoms with Crippen molar-refractivity contribution in [3.05, 3.63) is 23.8 Å². The van der Waals surface area contributed by atoms with Gasteiger partial charge < -0.3 is 10.2 Å². The quantitative estimate of drug-likeness (QED) is 0.836. The van der Waals surface area contributed by atoms with Crippen LogP contribution in [0.3, 0.4) is 0 Å². The fourth-order valence-corrected chi connectivity index (χ4v) is 3.13. The molecular formula is C14H21N3OS. The molecule has 2 N–H and O–H groups in total. The van der Waals surface area contributed by atoms with E-state index in [1.807, 2.05) is 0 Å². The largest absolute Gasteiger partial charge is 0.371 e. The molecule has 1 fully saturated rings. The van der Waals surface area contributed by atoms with E-state index in [4.69, 9.17) is 0 Å². The number of benzene rings is 1. The summed E-state index contributed by atoms with van der Waals surface area (Å²) < 4.78 is 2.81. The van der Waals surface area contributed by atoms with E-state index >= 15 is 0 Å². The molecule has 2 rings (SSSR count). The van der Waals surface area contributed by atoms with E-state index in [-0.39, 0.29) is 6.03 Å². The van der Waals surface area contributed by atoms with Gasteiger partial charge in [-0.25, -0.2) is 4.79 Å². The van der Waals surface area contributed by atoms with Crippen molar-refractivity contribution in [2.24, 2.45) is 0 Å². The number of hydrogen-bond acceptors (Lipinski definition) is 3. The summed E-state index contributed by atoms with van der Waals surface area (Å²) in [4.78, 5) is 14.9. The SMILES string of the molecule is CNC(=O)NSc1c(C)cccc1N1CCCCC1. The van der Waals surface area contributed by atoms with Crippen molar-refractivity contribution in [2.45, 2.75) is 31.1 Å². The number of hydrogen-bond donors (Lipinski definition) is 2. The number of carbonyl (C=O) groups is 1. The number of aryl methyl sites for hydroxylation is 1. The Hall–Kier alpha value is -1.36. The molecule has 0 aromatic heterocycles. The van der Waals surface area contributed by atoms with E-state index in [2.05, 4.69) is 40.1 Å². The average molecular weight is 279 g/mol. The Kier molecular flexibility index (Phi) is 4.96. The Labute approximate surface area is 119 Å². The highest BCUT2D eigenvalue weighted by Crippen LogP contribution is 2.33. The van der Waals surface area contributed by atoms with Crippen molar-refractivity contribution in [2.75, 3.05) is 25.0 Å². The molecule has 5 heteroatoms. The number of piperidine rings is 1. The lowest BCUT2D eigenvalue weighted by Crippen LogP contribution is -2.31. The summed E-state index contributed by atoms with van der Waals surface area (Å²) in [5.41, 5.74) is 2.44. The average Bonchev–Trinajstić information content (AvgIpc) is 2.46. The number of nitrogens with one attached hydrogen (secondary N) is 2. The third-order valence-electron chi connectivity index (χ3n) is 3.36. The van der Waals surface area contributed by atoms with Crippen molar-refractivity contribution < 1.29 is 4.79 Å². The second-order valence-corrected chi connectivity index (χ2v) is 5.57. The molecule has 1 aromatic rings. The summed E-state index contributed by atoms with van der Waals surface area (Å²) in [6.45, 7) is 4.30. The van der Waals surface area contributed by atoms with Gasteiger partial charge in [0.25, 0.3) is 0 Å². The highest BCUT2D eigenvalue weighted by atomic mass is 32.2. The summed E-state index contributed by atoms with van der Waals surface area (Å²) in [6, 6.07) is 6.15. The van der Waals surface area contributed by atoms with Crippen LogP contribution in [0.2, 0.25) is 0 Å². The maximum absolute atomic E-state index is 11.3. The molecule has 1 heterocycles. The van der Waals surface area contributed by atoms with Gasteiger partial charge in [-0.3, -0.25) is 4.72 Å². The maximum atomic E-state index is 11.3. The van der Waals surface area contributed by atoms with E-state index in [1.54, 1.807) is 7.05 Å². The lowest BCUT2D eigenvalue weighted by Gasteiger charge is -2.30. The molecule has 104 valence electrons. The Bertz CT molecular complexity index is 444. The number of urea groups is 1. The zero-order chi connectivity index (χ0) is 13.7. The van der Waals surface area contributed by atoms with Gasteiger partial charge in [0.1, 0.15) is 0 Å². The summed E-state index contributed by atoms with van der Waals surface area (Å²) in [5, 5.41) is 2.57. The van der Waals surface area contributed by atoms with Crippen molar-refractivity contribution in [1.29, 1.82) is 0 Å². The van der Waals surface area contributed by atoms with Gasteiger partial charge in [-0.05, 0) is 49.8 Å². The van der Waals surface area contributed by atoms with Gasteiger partial charge in [-0.15, -0.1) is 0 Å². The van der Waals surface area contributed by atoms with Gasteiger partial charge in [-0.1, -0.05) is 12.1 Å². The Morgan fingerprint density at radius 2 is 2.00 bits per heavy atom. The molecular weight excluding hydrogens is 258 g/mol.